The molecule has 0 saturated heterocycles. The zero-order valence-corrected chi connectivity index (χ0v) is 11.8. The van der Waals surface area contributed by atoms with E-state index in [1.54, 1.807) is 30.5 Å². The van der Waals surface area contributed by atoms with E-state index in [0.29, 0.717) is 5.69 Å². The van der Waals surface area contributed by atoms with Gasteiger partial charge in [0.1, 0.15) is 0 Å². The molecule has 0 saturated carbocycles. The quantitative estimate of drug-likeness (QED) is 0.541. The van der Waals surface area contributed by atoms with Gasteiger partial charge in [0.05, 0.1) is 23.4 Å². The second kappa shape index (κ2) is 6.10. The van der Waals surface area contributed by atoms with Crippen molar-refractivity contribution in [3.63, 3.8) is 0 Å². The molecule has 0 amide bonds. The molecule has 0 aliphatic carbocycles. The molecule has 23 heavy (non-hydrogen) atoms. The molecule has 3 rings (SSSR count). The number of furan rings is 1. The van der Waals surface area contributed by atoms with Crippen LogP contribution < -0.4 is 11.1 Å². The first-order valence-corrected chi connectivity index (χ1v) is 6.64. The van der Waals surface area contributed by atoms with Crippen LogP contribution >= 0.6 is 0 Å². The van der Waals surface area contributed by atoms with Gasteiger partial charge in [0.2, 0.25) is 11.8 Å². The van der Waals surface area contributed by atoms with Crippen LogP contribution in [0.1, 0.15) is 5.69 Å². The first-order chi connectivity index (χ1) is 11.1. The number of hydrogen-bond acceptors (Lipinski definition) is 8. The Morgan fingerprint density at radius 1 is 1.26 bits per heavy atom. The Bertz CT molecular complexity index is 820. The Labute approximate surface area is 130 Å². The van der Waals surface area contributed by atoms with Gasteiger partial charge in [-0.1, -0.05) is 6.07 Å². The topological polar surface area (TPSA) is 133 Å². The normalized spacial score (nSPS) is 10.4. The number of nitrogens with zero attached hydrogens (tertiary/aromatic N) is 4. The lowest BCUT2D eigenvalue weighted by molar-refractivity contribution is -0.383. The number of aromatic nitrogens is 3. The molecule has 9 nitrogen and oxygen atoms in total. The van der Waals surface area contributed by atoms with Crippen molar-refractivity contribution in [1.29, 1.82) is 0 Å². The summed E-state index contributed by atoms with van der Waals surface area (Å²) >= 11 is 0. The lowest BCUT2D eigenvalue weighted by Crippen LogP contribution is -2.10. The number of nitro groups is 1. The minimum atomic E-state index is -0.571. The highest BCUT2D eigenvalue weighted by molar-refractivity contribution is 5.75. The Morgan fingerprint density at radius 2 is 2.13 bits per heavy atom. The fourth-order valence-electron chi connectivity index (χ4n) is 2.03. The third kappa shape index (κ3) is 3.07. The lowest BCUT2D eigenvalue weighted by Gasteiger charge is -2.08. The third-order valence-electron chi connectivity index (χ3n) is 3.00. The molecular weight excluding hydrogens is 300 g/mol. The number of nitrogens with one attached hydrogen (secondary N) is 1. The molecule has 3 aromatic rings. The monoisotopic (exact) mass is 312 g/mol. The minimum Gasteiger partial charge on any atom is -0.462 e. The van der Waals surface area contributed by atoms with Crippen LogP contribution in [0.5, 0.6) is 0 Å². The van der Waals surface area contributed by atoms with Gasteiger partial charge in [-0.15, -0.1) is 0 Å². The maximum atomic E-state index is 11.4. The van der Waals surface area contributed by atoms with Crippen LogP contribution in [0.15, 0.2) is 47.2 Å². The van der Waals surface area contributed by atoms with Crippen LogP contribution in [0.25, 0.3) is 11.5 Å². The Balaban J connectivity index is 2.00. The zero-order chi connectivity index (χ0) is 16.2. The molecule has 0 aliphatic rings. The van der Waals surface area contributed by atoms with Crippen molar-refractivity contribution in [2.75, 3.05) is 11.1 Å². The standard InChI is InChI=1S/C14H12N6O3/c15-14-18-11(10-5-3-7-23-10)12(20(21)22)13(19-14)17-8-9-4-1-2-6-16-9/h1-7H,8H2,(H3,15,17,18,19). The highest BCUT2D eigenvalue weighted by Crippen LogP contribution is 2.34. The van der Waals surface area contributed by atoms with E-state index in [9.17, 15) is 10.1 Å². The molecule has 0 aliphatic heterocycles. The second-order valence-corrected chi connectivity index (χ2v) is 4.54. The van der Waals surface area contributed by atoms with Crippen LogP contribution in [0, 0.1) is 10.1 Å². The van der Waals surface area contributed by atoms with Gasteiger partial charge in [0.15, 0.2) is 11.5 Å². The summed E-state index contributed by atoms with van der Waals surface area (Å²) < 4.78 is 5.19. The molecule has 0 unspecified atom stereocenters. The molecule has 0 radical (unpaired) electrons. The number of pyridine rings is 1. The van der Waals surface area contributed by atoms with Gasteiger partial charge in [0.25, 0.3) is 0 Å². The number of nitrogens with two attached hydrogens (primary N) is 1. The van der Waals surface area contributed by atoms with Gasteiger partial charge >= 0.3 is 5.69 Å². The maximum absolute atomic E-state index is 11.4. The molecule has 116 valence electrons. The number of nitrogen functional groups attached to an aromatic ring is 1. The third-order valence-corrected chi connectivity index (χ3v) is 3.00. The van der Waals surface area contributed by atoms with Crippen LogP contribution in [-0.2, 0) is 6.54 Å². The Morgan fingerprint density at radius 3 is 2.78 bits per heavy atom. The fraction of sp³-hybridized carbons (Fsp3) is 0.0714. The van der Waals surface area contributed by atoms with E-state index >= 15 is 0 Å². The van der Waals surface area contributed by atoms with Crippen LogP contribution in [0.3, 0.4) is 0 Å². The molecule has 0 fully saturated rings. The molecule has 3 heterocycles. The van der Waals surface area contributed by atoms with Crippen molar-refractivity contribution in [3.05, 3.63) is 58.6 Å². The van der Waals surface area contributed by atoms with E-state index in [-0.39, 0.29) is 35.5 Å². The van der Waals surface area contributed by atoms with Gasteiger partial charge in [-0.05, 0) is 24.3 Å². The predicted molar refractivity (Wildman–Crippen MR) is 82.4 cm³/mol. The van der Waals surface area contributed by atoms with Crippen molar-refractivity contribution in [1.82, 2.24) is 15.0 Å². The number of anilines is 2. The van der Waals surface area contributed by atoms with E-state index in [2.05, 4.69) is 20.3 Å². The maximum Gasteiger partial charge on any atom is 0.340 e. The SMILES string of the molecule is Nc1nc(NCc2ccccn2)c([N+](=O)[O-])c(-c2ccco2)n1. The van der Waals surface area contributed by atoms with Crippen molar-refractivity contribution in [3.8, 4) is 11.5 Å². The molecule has 3 aromatic heterocycles. The number of rotatable bonds is 5. The summed E-state index contributed by atoms with van der Waals surface area (Å²) in [4.78, 5) is 22.9. The molecule has 0 aromatic carbocycles. The first-order valence-electron chi connectivity index (χ1n) is 6.64. The molecule has 0 spiro atoms. The van der Waals surface area contributed by atoms with Crippen molar-refractivity contribution >= 4 is 17.5 Å². The molecular formula is C14H12N6O3. The van der Waals surface area contributed by atoms with Gasteiger partial charge in [-0.3, -0.25) is 15.1 Å². The van der Waals surface area contributed by atoms with Crippen molar-refractivity contribution in [2.24, 2.45) is 0 Å². The van der Waals surface area contributed by atoms with E-state index in [4.69, 9.17) is 10.2 Å². The summed E-state index contributed by atoms with van der Waals surface area (Å²) in [6.45, 7) is 0.260. The van der Waals surface area contributed by atoms with E-state index in [0.717, 1.165) is 0 Å². The first kappa shape index (κ1) is 14.4. The Kier molecular flexibility index (Phi) is 3.83. The van der Waals surface area contributed by atoms with E-state index < -0.39 is 4.92 Å². The van der Waals surface area contributed by atoms with Gasteiger partial charge in [-0.2, -0.15) is 4.98 Å². The van der Waals surface area contributed by atoms with Crippen molar-refractivity contribution < 1.29 is 9.34 Å². The van der Waals surface area contributed by atoms with Gasteiger partial charge in [-0.25, -0.2) is 4.98 Å². The highest BCUT2D eigenvalue weighted by Gasteiger charge is 2.27. The summed E-state index contributed by atoms with van der Waals surface area (Å²) in [5, 5.41) is 14.3. The minimum absolute atomic E-state index is 0.0135. The van der Waals surface area contributed by atoms with Crippen molar-refractivity contribution in [2.45, 2.75) is 6.54 Å². The van der Waals surface area contributed by atoms with Crippen LogP contribution in [-0.4, -0.2) is 19.9 Å². The summed E-state index contributed by atoms with van der Waals surface area (Å²) in [6.07, 6.45) is 3.03. The van der Waals surface area contributed by atoms with Gasteiger partial charge in [0, 0.05) is 6.20 Å². The fourth-order valence-corrected chi connectivity index (χ4v) is 2.03. The summed E-state index contributed by atoms with van der Waals surface area (Å²) in [7, 11) is 0. The zero-order valence-electron chi connectivity index (χ0n) is 11.8. The van der Waals surface area contributed by atoms with Crippen LogP contribution in [0.4, 0.5) is 17.5 Å². The predicted octanol–water partition coefficient (Wildman–Crippen LogP) is 2.23. The highest BCUT2D eigenvalue weighted by atomic mass is 16.6. The molecule has 3 N–H and O–H groups in total. The smallest absolute Gasteiger partial charge is 0.340 e. The van der Waals surface area contributed by atoms with Gasteiger partial charge < -0.3 is 15.5 Å². The molecule has 0 bridgehead atoms. The summed E-state index contributed by atoms with van der Waals surface area (Å²) in [5.41, 5.74) is 6.09. The molecule has 0 atom stereocenters. The summed E-state index contributed by atoms with van der Waals surface area (Å²) in [5.74, 6) is 0.164. The largest absolute Gasteiger partial charge is 0.462 e. The Hall–Kier alpha value is -3.49. The molecule has 9 heteroatoms. The average molecular weight is 312 g/mol. The summed E-state index contributed by atoms with van der Waals surface area (Å²) in [6, 6.07) is 8.57. The van der Waals surface area contributed by atoms with E-state index in [1.807, 2.05) is 6.07 Å². The van der Waals surface area contributed by atoms with Crippen LogP contribution in [0.2, 0.25) is 0 Å². The number of hydrogen-bond donors (Lipinski definition) is 2. The lowest BCUT2D eigenvalue weighted by atomic mass is 10.2. The van der Waals surface area contributed by atoms with E-state index in [1.165, 1.54) is 6.26 Å². The average Bonchev–Trinajstić information content (AvgIpc) is 3.07. The second-order valence-electron chi connectivity index (χ2n) is 4.54.